The third-order valence-corrected chi connectivity index (χ3v) is 5.32. The molecular weight excluding hydrogens is 320 g/mol. The van der Waals surface area contributed by atoms with Gasteiger partial charge in [0.15, 0.2) is 0 Å². The van der Waals surface area contributed by atoms with E-state index in [1.165, 1.54) is 5.56 Å². The zero-order valence-corrected chi connectivity index (χ0v) is 16.1. The maximum absolute atomic E-state index is 12.2. The van der Waals surface area contributed by atoms with Crippen LogP contribution in [-0.2, 0) is 15.0 Å². The molecule has 2 rings (SSSR count). The fourth-order valence-electron chi connectivity index (χ4n) is 2.74. The molecule has 0 aromatic heterocycles. The van der Waals surface area contributed by atoms with Crippen LogP contribution in [0, 0.1) is 0 Å². The van der Waals surface area contributed by atoms with Gasteiger partial charge in [-0.05, 0) is 30.4 Å². The fraction of sp³-hybridized carbons (Fsp3) is 0.579. The topological polar surface area (TPSA) is 49.4 Å². The molecule has 0 unspecified atom stereocenters. The lowest BCUT2D eigenvalue weighted by Gasteiger charge is -2.25. The number of hydrogen-bond donors (Lipinski definition) is 1. The summed E-state index contributed by atoms with van der Waals surface area (Å²) in [7, 11) is 0. The second kappa shape index (κ2) is 7.60. The smallest absolute Gasteiger partial charge is 0.233 e. The molecule has 5 heteroatoms. The Morgan fingerprint density at radius 2 is 1.92 bits per heavy atom. The molecule has 1 N–H and O–H groups in total. The quantitative estimate of drug-likeness (QED) is 0.886. The van der Waals surface area contributed by atoms with E-state index in [-0.39, 0.29) is 28.6 Å². The second-order valence-corrected chi connectivity index (χ2v) is 8.66. The van der Waals surface area contributed by atoms with Gasteiger partial charge in [0, 0.05) is 19.0 Å². The molecule has 2 amide bonds. The van der Waals surface area contributed by atoms with Crippen LogP contribution in [0.1, 0.15) is 57.5 Å². The Labute approximate surface area is 149 Å². The molecule has 1 atom stereocenters. The van der Waals surface area contributed by atoms with Crippen LogP contribution in [0.15, 0.2) is 24.3 Å². The second-order valence-electron chi connectivity index (χ2n) is 7.59. The number of thioether (sulfide) groups is 1. The van der Waals surface area contributed by atoms with Crippen LogP contribution in [-0.4, -0.2) is 35.1 Å². The van der Waals surface area contributed by atoms with Gasteiger partial charge in [0.2, 0.25) is 11.8 Å². The number of hydrogen-bond acceptors (Lipinski definition) is 3. The maximum Gasteiger partial charge on any atom is 0.233 e. The molecule has 132 valence electrons. The minimum absolute atomic E-state index is 0.00321. The molecule has 0 bridgehead atoms. The predicted octanol–water partition coefficient (Wildman–Crippen LogP) is 3.47. The molecule has 1 saturated heterocycles. The normalized spacial score (nSPS) is 18.3. The zero-order chi connectivity index (χ0) is 17.9. The highest BCUT2D eigenvalue weighted by molar-refractivity contribution is 8.00. The van der Waals surface area contributed by atoms with Crippen LogP contribution in [0.4, 0.5) is 0 Å². The van der Waals surface area contributed by atoms with Crippen molar-refractivity contribution in [3.8, 4) is 0 Å². The Bertz CT molecular complexity index is 590. The zero-order valence-electron chi connectivity index (χ0n) is 15.3. The molecule has 4 nitrogen and oxygen atoms in total. The third-order valence-electron chi connectivity index (χ3n) is 4.06. The fourth-order valence-corrected chi connectivity index (χ4v) is 3.95. The van der Waals surface area contributed by atoms with E-state index in [2.05, 4.69) is 50.4 Å². The van der Waals surface area contributed by atoms with Gasteiger partial charge in [0.1, 0.15) is 5.37 Å². The van der Waals surface area contributed by atoms with E-state index in [4.69, 9.17) is 0 Å². The Kier molecular flexibility index (Phi) is 5.97. The summed E-state index contributed by atoms with van der Waals surface area (Å²) in [5.41, 5.74) is 2.53. The van der Waals surface area contributed by atoms with Gasteiger partial charge < -0.3 is 10.2 Å². The third kappa shape index (κ3) is 4.76. The first-order valence-electron chi connectivity index (χ1n) is 8.49. The van der Waals surface area contributed by atoms with Crippen LogP contribution in [0.3, 0.4) is 0 Å². The van der Waals surface area contributed by atoms with Crippen LogP contribution < -0.4 is 5.32 Å². The van der Waals surface area contributed by atoms with Gasteiger partial charge in [-0.1, -0.05) is 45.0 Å². The van der Waals surface area contributed by atoms with Gasteiger partial charge in [-0.25, -0.2) is 0 Å². The summed E-state index contributed by atoms with van der Waals surface area (Å²) >= 11 is 1.64. The Hall–Kier alpha value is -1.49. The van der Waals surface area contributed by atoms with E-state index in [9.17, 15) is 9.59 Å². The summed E-state index contributed by atoms with van der Waals surface area (Å²) in [5, 5.41) is 2.89. The van der Waals surface area contributed by atoms with Gasteiger partial charge in [-0.2, -0.15) is 0 Å². The Balaban J connectivity index is 2.05. The molecule has 0 spiro atoms. The number of nitrogens with one attached hydrogen (secondary N) is 1. The summed E-state index contributed by atoms with van der Waals surface area (Å²) < 4.78 is 0. The van der Waals surface area contributed by atoms with Crippen molar-refractivity contribution in [2.45, 2.75) is 57.9 Å². The first-order valence-corrected chi connectivity index (χ1v) is 9.54. The number of carbonyl (C=O) groups excluding carboxylic acids is 2. The van der Waals surface area contributed by atoms with Crippen LogP contribution in [0.25, 0.3) is 0 Å². The van der Waals surface area contributed by atoms with Gasteiger partial charge >= 0.3 is 0 Å². The number of amides is 2. The lowest BCUT2D eigenvalue weighted by atomic mass is 9.86. The number of rotatable bonds is 5. The Morgan fingerprint density at radius 1 is 1.29 bits per heavy atom. The molecule has 24 heavy (non-hydrogen) atoms. The molecule has 0 aliphatic carbocycles. The monoisotopic (exact) mass is 348 g/mol. The average molecular weight is 349 g/mol. The predicted molar refractivity (Wildman–Crippen MR) is 99.9 cm³/mol. The van der Waals surface area contributed by atoms with Gasteiger partial charge in [-0.15, -0.1) is 11.8 Å². The number of benzene rings is 1. The van der Waals surface area contributed by atoms with Gasteiger partial charge in [0.25, 0.3) is 0 Å². The highest BCUT2D eigenvalue weighted by Gasteiger charge is 2.33. The van der Waals surface area contributed by atoms with E-state index in [1.807, 2.05) is 18.7 Å². The average Bonchev–Trinajstić information content (AvgIpc) is 2.84. The molecule has 1 aliphatic rings. The van der Waals surface area contributed by atoms with Crippen LogP contribution in [0.2, 0.25) is 0 Å². The largest absolute Gasteiger partial charge is 0.354 e. The minimum atomic E-state index is -0.00321. The van der Waals surface area contributed by atoms with Gasteiger partial charge in [0.05, 0.1) is 5.75 Å². The van der Waals surface area contributed by atoms with Crippen molar-refractivity contribution in [1.82, 2.24) is 10.2 Å². The van der Waals surface area contributed by atoms with E-state index in [0.717, 1.165) is 5.56 Å². The van der Waals surface area contributed by atoms with E-state index < -0.39 is 0 Å². The number of carbonyl (C=O) groups is 2. The molecule has 0 saturated carbocycles. The molecular formula is C19H28N2O2S. The lowest BCUT2D eigenvalue weighted by Crippen LogP contribution is -2.35. The molecule has 1 aromatic carbocycles. The maximum atomic E-state index is 12.2. The van der Waals surface area contributed by atoms with Crippen molar-refractivity contribution in [2.24, 2.45) is 0 Å². The van der Waals surface area contributed by atoms with Crippen LogP contribution in [0.5, 0.6) is 0 Å². The molecule has 1 aliphatic heterocycles. The standard InChI is InChI=1S/C19H28N2O2S/c1-13(2)20-16(22)10-11-21-17(23)12-24-18(21)14-6-8-15(9-7-14)19(3,4)5/h6-9,13,18H,10-12H2,1-5H3,(H,20,22)/t18-/m1/s1. The Morgan fingerprint density at radius 3 is 2.46 bits per heavy atom. The molecule has 0 radical (unpaired) electrons. The number of nitrogens with zero attached hydrogens (tertiary/aromatic N) is 1. The lowest BCUT2D eigenvalue weighted by molar-refractivity contribution is -0.129. The van der Waals surface area contributed by atoms with E-state index in [1.54, 1.807) is 11.8 Å². The van der Waals surface area contributed by atoms with Crippen molar-refractivity contribution in [1.29, 1.82) is 0 Å². The van der Waals surface area contributed by atoms with Crippen molar-refractivity contribution in [2.75, 3.05) is 12.3 Å². The summed E-state index contributed by atoms with van der Waals surface area (Å²) in [4.78, 5) is 25.9. The summed E-state index contributed by atoms with van der Waals surface area (Å²) in [6, 6.07) is 8.63. The SMILES string of the molecule is CC(C)NC(=O)CCN1C(=O)CS[C@@H]1c1ccc(C(C)(C)C)cc1. The van der Waals surface area contributed by atoms with Crippen molar-refractivity contribution < 1.29 is 9.59 Å². The van der Waals surface area contributed by atoms with Crippen molar-refractivity contribution in [3.63, 3.8) is 0 Å². The highest BCUT2D eigenvalue weighted by Crippen LogP contribution is 2.39. The molecule has 1 heterocycles. The van der Waals surface area contributed by atoms with E-state index in [0.29, 0.717) is 18.7 Å². The summed E-state index contributed by atoms with van der Waals surface area (Å²) in [6.45, 7) is 10.9. The molecule has 1 fully saturated rings. The minimum Gasteiger partial charge on any atom is -0.354 e. The van der Waals surface area contributed by atoms with Crippen molar-refractivity contribution in [3.05, 3.63) is 35.4 Å². The summed E-state index contributed by atoms with van der Waals surface area (Å²) in [6.07, 6.45) is 0.348. The first-order chi connectivity index (χ1) is 11.2. The van der Waals surface area contributed by atoms with E-state index >= 15 is 0 Å². The highest BCUT2D eigenvalue weighted by atomic mass is 32.2. The van der Waals surface area contributed by atoms with Crippen molar-refractivity contribution >= 4 is 23.6 Å². The molecule has 1 aromatic rings. The van der Waals surface area contributed by atoms with Gasteiger partial charge in [-0.3, -0.25) is 9.59 Å². The summed E-state index contributed by atoms with van der Waals surface area (Å²) in [5.74, 6) is 0.594. The van der Waals surface area contributed by atoms with Crippen LogP contribution >= 0.6 is 11.8 Å². The first kappa shape index (κ1) is 18.8.